The number of benzene rings is 1. The quantitative estimate of drug-likeness (QED) is 0.602. The molecule has 0 saturated carbocycles. The highest BCUT2D eigenvalue weighted by Gasteiger charge is 2.24. The number of aliphatic imine (C=N–C) groups is 1. The zero-order valence-corrected chi connectivity index (χ0v) is 14.9. The van der Waals surface area contributed by atoms with Gasteiger partial charge in [0.25, 0.3) is 5.56 Å². The molecular weight excluding hydrogens is 398 g/mol. The Hall–Kier alpha value is -3.18. The predicted molar refractivity (Wildman–Crippen MR) is 99.3 cm³/mol. The van der Waals surface area contributed by atoms with Gasteiger partial charge in [-0.1, -0.05) is 23.4 Å². The van der Waals surface area contributed by atoms with Crippen molar-refractivity contribution in [1.29, 1.82) is 0 Å². The fourth-order valence-electron chi connectivity index (χ4n) is 2.14. The molecule has 0 unspecified atom stereocenters. The van der Waals surface area contributed by atoms with E-state index in [0.29, 0.717) is 10.7 Å². The lowest BCUT2D eigenvalue weighted by molar-refractivity contribution is -0.135. The molecule has 12 heteroatoms. The average Bonchev–Trinajstić information content (AvgIpc) is 2.92. The van der Waals surface area contributed by atoms with Gasteiger partial charge in [-0.15, -0.1) is 0 Å². The number of amidine groups is 1. The van der Waals surface area contributed by atoms with Crippen LogP contribution in [0.15, 0.2) is 44.9 Å². The minimum absolute atomic E-state index is 0.00107. The summed E-state index contributed by atoms with van der Waals surface area (Å²) >= 11 is 6.65. The van der Waals surface area contributed by atoms with Crippen LogP contribution in [0.25, 0.3) is 5.69 Å². The number of aromatic nitrogens is 2. The first kappa shape index (κ1) is 18.6. The number of amides is 3. The van der Waals surface area contributed by atoms with Crippen LogP contribution < -0.4 is 21.9 Å². The Morgan fingerprint density at radius 1 is 1.19 bits per heavy atom. The maximum atomic E-state index is 12.2. The van der Waals surface area contributed by atoms with E-state index in [2.05, 4.69) is 20.6 Å². The SMILES string of the molecule is O=C(CSC1=NC(=O)C(=O)N1)Nc1cc(=O)[nH]c(=O)n1-c1ccc(Cl)cc1. The van der Waals surface area contributed by atoms with Crippen molar-refractivity contribution in [3.05, 3.63) is 56.2 Å². The summed E-state index contributed by atoms with van der Waals surface area (Å²) in [5.41, 5.74) is -1.06. The summed E-state index contributed by atoms with van der Waals surface area (Å²) in [5, 5.41) is 5.11. The van der Waals surface area contributed by atoms with Crippen molar-refractivity contribution < 1.29 is 14.4 Å². The molecule has 0 radical (unpaired) electrons. The molecule has 3 rings (SSSR count). The Balaban J connectivity index is 1.81. The molecule has 1 aliphatic heterocycles. The second-order valence-electron chi connectivity index (χ2n) is 5.15. The van der Waals surface area contributed by atoms with Gasteiger partial charge in [0.2, 0.25) is 5.91 Å². The number of thioether (sulfide) groups is 1. The number of hydrogen-bond acceptors (Lipinski definition) is 6. The highest BCUT2D eigenvalue weighted by atomic mass is 35.5. The van der Waals surface area contributed by atoms with Crippen LogP contribution in [0.2, 0.25) is 5.02 Å². The molecule has 0 fully saturated rings. The Morgan fingerprint density at radius 3 is 2.52 bits per heavy atom. The summed E-state index contributed by atoms with van der Waals surface area (Å²) in [6.07, 6.45) is 0. The number of nitrogens with zero attached hydrogens (tertiary/aromatic N) is 2. The number of nitrogens with one attached hydrogen (secondary N) is 3. The summed E-state index contributed by atoms with van der Waals surface area (Å²) in [6.45, 7) is 0. The number of carbonyl (C=O) groups is 3. The van der Waals surface area contributed by atoms with E-state index in [0.717, 1.165) is 22.4 Å². The van der Waals surface area contributed by atoms with Gasteiger partial charge in [0, 0.05) is 11.1 Å². The smallest absolute Gasteiger partial charge is 0.311 e. The van der Waals surface area contributed by atoms with Gasteiger partial charge in [-0.05, 0) is 24.3 Å². The number of halogens is 1. The van der Waals surface area contributed by atoms with E-state index in [1.165, 1.54) is 0 Å². The van der Waals surface area contributed by atoms with Crippen molar-refractivity contribution in [3.63, 3.8) is 0 Å². The molecule has 0 aliphatic carbocycles. The highest BCUT2D eigenvalue weighted by Crippen LogP contribution is 2.16. The van der Waals surface area contributed by atoms with Gasteiger partial charge in [-0.2, -0.15) is 4.99 Å². The second kappa shape index (κ2) is 7.60. The monoisotopic (exact) mass is 407 g/mol. The summed E-state index contributed by atoms with van der Waals surface area (Å²) in [6, 6.07) is 7.24. The van der Waals surface area contributed by atoms with Crippen LogP contribution in [0.3, 0.4) is 0 Å². The predicted octanol–water partition coefficient (Wildman–Crippen LogP) is -0.137. The molecule has 0 atom stereocenters. The Bertz CT molecular complexity index is 1090. The number of carbonyl (C=O) groups excluding carboxylic acids is 3. The lowest BCUT2D eigenvalue weighted by Gasteiger charge is -2.13. The lowest BCUT2D eigenvalue weighted by Crippen LogP contribution is -2.32. The third kappa shape index (κ3) is 4.33. The van der Waals surface area contributed by atoms with Crippen LogP contribution in [0.5, 0.6) is 0 Å². The standard InChI is InChI=1S/C15H10ClN5O5S/c16-7-1-3-8(4-2-7)21-9(5-10(22)18-15(21)26)17-11(23)6-27-14-19-12(24)13(25)20-14/h1-5H,6H2,(H,17,23)(H,18,22,26)(H,19,20,24,25). The van der Waals surface area contributed by atoms with Gasteiger partial charge in [-0.3, -0.25) is 29.5 Å². The minimum Gasteiger partial charge on any atom is -0.311 e. The second-order valence-corrected chi connectivity index (χ2v) is 6.55. The molecule has 3 N–H and O–H groups in total. The molecule has 1 aromatic heterocycles. The van der Waals surface area contributed by atoms with E-state index in [1.54, 1.807) is 24.3 Å². The fourth-order valence-corrected chi connectivity index (χ4v) is 2.92. The highest BCUT2D eigenvalue weighted by molar-refractivity contribution is 8.14. The Morgan fingerprint density at radius 2 is 1.89 bits per heavy atom. The van der Waals surface area contributed by atoms with Crippen molar-refractivity contribution in [3.8, 4) is 5.69 Å². The van der Waals surface area contributed by atoms with Crippen LogP contribution in [-0.4, -0.2) is 38.2 Å². The molecule has 0 spiro atoms. The molecule has 2 heterocycles. The lowest BCUT2D eigenvalue weighted by atomic mass is 10.3. The minimum atomic E-state index is -0.941. The van der Waals surface area contributed by atoms with E-state index in [9.17, 15) is 24.0 Å². The zero-order chi connectivity index (χ0) is 19.6. The van der Waals surface area contributed by atoms with Crippen LogP contribution in [-0.2, 0) is 14.4 Å². The molecule has 10 nitrogen and oxygen atoms in total. The summed E-state index contributed by atoms with van der Waals surface area (Å²) in [7, 11) is 0. The van der Waals surface area contributed by atoms with Gasteiger partial charge in [-0.25, -0.2) is 9.36 Å². The van der Waals surface area contributed by atoms with Crippen molar-refractivity contribution in [2.75, 3.05) is 11.1 Å². The summed E-state index contributed by atoms with van der Waals surface area (Å²) in [5.74, 6) is -2.66. The maximum absolute atomic E-state index is 12.2. The molecule has 2 aromatic rings. The summed E-state index contributed by atoms with van der Waals surface area (Å²) < 4.78 is 1.10. The number of hydrogen-bond donors (Lipinski definition) is 3. The summed E-state index contributed by atoms with van der Waals surface area (Å²) in [4.78, 5) is 63.6. The van der Waals surface area contributed by atoms with Crippen LogP contribution in [0, 0.1) is 0 Å². The van der Waals surface area contributed by atoms with Gasteiger partial charge >= 0.3 is 17.5 Å². The number of H-pyrrole nitrogens is 1. The van der Waals surface area contributed by atoms with E-state index in [-0.39, 0.29) is 16.7 Å². The fraction of sp³-hybridized carbons (Fsp3) is 0.0667. The van der Waals surface area contributed by atoms with E-state index >= 15 is 0 Å². The first-order valence-corrected chi connectivity index (χ1v) is 8.69. The first-order chi connectivity index (χ1) is 12.8. The molecule has 0 saturated heterocycles. The molecule has 27 heavy (non-hydrogen) atoms. The van der Waals surface area contributed by atoms with Crippen LogP contribution in [0.1, 0.15) is 0 Å². The van der Waals surface area contributed by atoms with E-state index < -0.39 is 29.0 Å². The first-order valence-electron chi connectivity index (χ1n) is 7.32. The molecule has 3 amide bonds. The Kier molecular flexibility index (Phi) is 5.23. The maximum Gasteiger partial charge on any atom is 0.337 e. The zero-order valence-electron chi connectivity index (χ0n) is 13.3. The van der Waals surface area contributed by atoms with Crippen molar-refractivity contribution >= 4 is 52.1 Å². The third-order valence-electron chi connectivity index (χ3n) is 3.25. The van der Waals surface area contributed by atoms with Gasteiger partial charge in [0.1, 0.15) is 5.82 Å². The molecular formula is C15H10ClN5O5S. The van der Waals surface area contributed by atoms with Crippen molar-refractivity contribution in [2.45, 2.75) is 0 Å². The molecule has 1 aliphatic rings. The number of anilines is 1. The van der Waals surface area contributed by atoms with E-state index in [1.807, 2.05) is 0 Å². The molecule has 0 bridgehead atoms. The largest absolute Gasteiger partial charge is 0.337 e. The van der Waals surface area contributed by atoms with Crippen molar-refractivity contribution in [2.24, 2.45) is 4.99 Å². The third-order valence-corrected chi connectivity index (χ3v) is 4.38. The Labute approximate surface area is 159 Å². The van der Waals surface area contributed by atoms with Gasteiger partial charge < -0.3 is 5.32 Å². The number of rotatable bonds is 4. The average molecular weight is 408 g/mol. The molecule has 1 aromatic carbocycles. The van der Waals surface area contributed by atoms with Gasteiger partial charge in [0.15, 0.2) is 5.17 Å². The van der Waals surface area contributed by atoms with Gasteiger partial charge in [0.05, 0.1) is 11.4 Å². The van der Waals surface area contributed by atoms with Crippen LogP contribution in [0.4, 0.5) is 5.82 Å². The molecule has 138 valence electrons. The van der Waals surface area contributed by atoms with Crippen molar-refractivity contribution in [1.82, 2.24) is 14.9 Å². The van der Waals surface area contributed by atoms with Crippen LogP contribution >= 0.6 is 23.4 Å². The van der Waals surface area contributed by atoms with E-state index in [4.69, 9.17) is 11.6 Å². The topological polar surface area (TPSA) is 142 Å². The normalized spacial score (nSPS) is 13.3. The number of aromatic amines is 1.